The van der Waals surface area contributed by atoms with Crippen LogP contribution in [0.3, 0.4) is 0 Å². The molecule has 0 spiro atoms. The van der Waals surface area contributed by atoms with Crippen molar-refractivity contribution in [2.24, 2.45) is 5.73 Å². The predicted octanol–water partition coefficient (Wildman–Crippen LogP) is 1.32. The maximum atomic E-state index is 9.62. The van der Waals surface area contributed by atoms with Gasteiger partial charge in [0.05, 0.1) is 12.1 Å². The Labute approximate surface area is 103 Å². The van der Waals surface area contributed by atoms with E-state index in [1.807, 2.05) is 30.3 Å². The van der Waals surface area contributed by atoms with Gasteiger partial charge in [-0.1, -0.05) is 36.8 Å². The fourth-order valence-corrected chi connectivity index (χ4v) is 2.52. The molecule has 0 aromatic heterocycles. The van der Waals surface area contributed by atoms with Gasteiger partial charge in [-0.2, -0.15) is 0 Å². The number of likely N-dealkylation sites (tertiary alicyclic amines) is 1. The normalized spacial score (nSPS) is 21.1. The number of nitrogens with two attached hydrogens (primary N) is 1. The highest BCUT2D eigenvalue weighted by Crippen LogP contribution is 2.21. The summed E-state index contributed by atoms with van der Waals surface area (Å²) in [7, 11) is 0. The van der Waals surface area contributed by atoms with Crippen molar-refractivity contribution in [3.05, 3.63) is 35.9 Å². The fourth-order valence-electron chi connectivity index (χ4n) is 2.52. The number of aliphatic hydroxyl groups is 1. The van der Waals surface area contributed by atoms with Crippen molar-refractivity contribution >= 4 is 0 Å². The molecule has 1 saturated heterocycles. The van der Waals surface area contributed by atoms with Crippen molar-refractivity contribution < 1.29 is 5.11 Å². The van der Waals surface area contributed by atoms with E-state index in [0.29, 0.717) is 0 Å². The van der Waals surface area contributed by atoms with Crippen LogP contribution in [0.5, 0.6) is 0 Å². The molecule has 0 bridgehead atoms. The van der Waals surface area contributed by atoms with Crippen LogP contribution in [0.25, 0.3) is 0 Å². The van der Waals surface area contributed by atoms with E-state index in [4.69, 9.17) is 5.73 Å². The first-order chi connectivity index (χ1) is 8.24. The Morgan fingerprint density at radius 2 is 1.76 bits per heavy atom. The van der Waals surface area contributed by atoms with E-state index in [0.717, 1.165) is 25.2 Å². The first-order valence-corrected chi connectivity index (χ1v) is 6.42. The van der Waals surface area contributed by atoms with Crippen molar-refractivity contribution in [1.29, 1.82) is 0 Å². The van der Waals surface area contributed by atoms with Crippen molar-refractivity contribution in [3.63, 3.8) is 0 Å². The van der Waals surface area contributed by atoms with Gasteiger partial charge in [-0.3, -0.25) is 0 Å². The number of piperidine rings is 1. The van der Waals surface area contributed by atoms with Crippen LogP contribution in [0, 0.1) is 0 Å². The van der Waals surface area contributed by atoms with Crippen LogP contribution in [0.1, 0.15) is 24.8 Å². The summed E-state index contributed by atoms with van der Waals surface area (Å²) in [6.45, 7) is 2.94. The molecular formula is C14H22N2O. The number of hydrogen-bond acceptors (Lipinski definition) is 3. The maximum absolute atomic E-state index is 9.62. The molecule has 1 aromatic rings. The van der Waals surface area contributed by atoms with Crippen LogP contribution in [-0.4, -0.2) is 36.2 Å². The van der Waals surface area contributed by atoms with Gasteiger partial charge < -0.3 is 15.7 Å². The highest BCUT2D eigenvalue weighted by atomic mass is 16.3. The van der Waals surface area contributed by atoms with E-state index in [1.54, 1.807) is 0 Å². The smallest absolute Gasteiger partial charge is 0.0772 e. The van der Waals surface area contributed by atoms with Gasteiger partial charge in [-0.15, -0.1) is 0 Å². The second kappa shape index (κ2) is 5.63. The molecule has 1 fully saturated rings. The summed E-state index contributed by atoms with van der Waals surface area (Å²) in [6, 6.07) is 9.92. The van der Waals surface area contributed by atoms with Crippen LogP contribution < -0.4 is 5.73 Å². The third-order valence-corrected chi connectivity index (χ3v) is 3.59. The highest BCUT2D eigenvalue weighted by molar-refractivity contribution is 5.24. The van der Waals surface area contributed by atoms with Crippen LogP contribution in [0.2, 0.25) is 0 Å². The summed E-state index contributed by atoms with van der Waals surface area (Å²) in [6.07, 6.45) is 3.81. The molecule has 0 amide bonds. The summed E-state index contributed by atoms with van der Waals surface area (Å²) in [5, 5.41) is 9.62. The van der Waals surface area contributed by atoms with E-state index in [9.17, 15) is 5.11 Å². The number of rotatable bonds is 4. The lowest BCUT2D eigenvalue weighted by Crippen LogP contribution is -2.51. The van der Waals surface area contributed by atoms with Crippen molar-refractivity contribution in [2.45, 2.75) is 24.8 Å². The quantitative estimate of drug-likeness (QED) is 0.826. The largest absolute Gasteiger partial charge is 0.394 e. The molecule has 3 heteroatoms. The van der Waals surface area contributed by atoms with E-state index >= 15 is 0 Å². The minimum absolute atomic E-state index is 0.00644. The zero-order valence-corrected chi connectivity index (χ0v) is 10.3. The lowest BCUT2D eigenvalue weighted by atomic mass is 9.90. The van der Waals surface area contributed by atoms with Crippen LogP contribution in [0.15, 0.2) is 30.3 Å². The average molecular weight is 234 g/mol. The molecule has 1 aliphatic rings. The Kier molecular flexibility index (Phi) is 4.15. The molecule has 1 heterocycles. The molecule has 0 radical (unpaired) electrons. The van der Waals surface area contributed by atoms with Gasteiger partial charge in [0.25, 0.3) is 0 Å². The minimum atomic E-state index is -0.626. The van der Waals surface area contributed by atoms with Gasteiger partial charge in [0.2, 0.25) is 0 Å². The summed E-state index contributed by atoms with van der Waals surface area (Å²) in [4.78, 5) is 2.37. The monoisotopic (exact) mass is 234 g/mol. The van der Waals surface area contributed by atoms with Gasteiger partial charge in [-0.05, 0) is 31.5 Å². The van der Waals surface area contributed by atoms with Crippen LogP contribution >= 0.6 is 0 Å². The van der Waals surface area contributed by atoms with E-state index in [1.165, 1.54) is 19.3 Å². The highest BCUT2D eigenvalue weighted by Gasteiger charge is 2.29. The molecule has 1 unspecified atom stereocenters. The standard InChI is InChI=1S/C14H22N2O/c15-14(12-17,13-7-3-1-4-8-13)11-16-9-5-2-6-10-16/h1,3-4,7-8,17H,2,5-6,9-12,15H2. The molecular weight excluding hydrogens is 212 g/mol. The lowest BCUT2D eigenvalue weighted by molar-refractivity contribution is 0.123. The van der Waals surface area contributed by atoms with Crippen molar-refractivity contribution in [2.75, 3.05) is 26.2 Å². The van der Waals surface area contributed by atoms with E-state index < -0.39 is 5.54 Å². The van der Waals surface area contributed by atoms with Gasteiger partial charge >= 0.3 is 0 Å². The number of hydrogen-bond donors (Lipinski definition) is 2. The second-order valence-electron chi connectivity index (χ2n) is 5.02. The van der Waals surface area contributed by atoms with Crippen molar-refractivity contribution in [3.8, 4) is 0 Å². The van der Waals surface area contributed by atoms with Gasteiger partial charge in [-0.25, -0.2) is 0 Å². The van der Waals surface area contributed by atoms with E-state index in [-0.39, 0.29) is 6.61 Å². The Hall–Kier alpha value is -0.900. The third kappa shape index (κ3) is 3.06. The summed E-state index contributed by atoms with van der Waals surface area (Å²) < 4.78 is 0. The molecule has 1 aromatic carbocycles. The van der Waals surface area contributed by atoms with Gasteiger partial charge in [0.1, 0.15) is 0 Å². The molecule has 3 nitrogen and oxygen atoms in total. The third-order valence-electron chi connectivity index (χ3n) is 3.59. The minimum Gasteiger partial charge on any atom is -0.394 e. The molecule has 1 aliphatic heterocycles. The number of nitrogens with zero attached hydrogens (tertiary/aromatic N) is 1. The average Bonchev–Trinajstić information content (AvgIpc) is 2.41. The Balaban J connectivity index is 2.08. The Morgan fingerprint density at radius 3 is 2.35 bits per heavy atom. The molecule has 2 rings (SSSR count). The predicted molar refractivity (Wildman–Crippen MR) is 69.7 cm³/mol. The summed E-state index contributed by atoms with van der Waals surface area (Å²) in [5.41, 5.74) is 6.75. The summed E-state index contributed by atoms with van der Waals surface area (Å²) >= 11 is 0. The lowest BCUT2D eigenvalue weighted by Gasteiger charge is -2.36. The molecule has 0 aliphatic carbocycles. The summed E-state index contributed by atoms with van der Waals surface area (Å²) in [5.74, 6) is 0. The molecule has 0 saturated carbocycles. The van der Waals surface area contributed by atoms with Gasteiger partial charge in [0, 0.05) is 6.54 Å². The Bertz CT molecular complexity index is 335. The zero-order valence-electron chi connectivity index (χ0n) is 10.3. The molecule has 3 N–H and O–H groups in total. The number of aliphatic hydroxyl groups excluding tert-OH is 1. The fraction of sp³-hybridized carbons (Fsp3) is 0.571. The molecule has 1 atom stereocenters. The molecule has 94 valence electrons. The molecule has 17 heavy (non-hydrogen) atoms. The van der Waals surface area contributed by atoms with Crippen molar-refractivity contribution in [1.82, 2.24) is 4.90 Å². The topological polar surface area (TPSA) is 49.5 Å². The zero-order chi connectivity index (χ0) is 12.1. The maximum Gasteiger partial charge on any atom is 0.0772 e. The Morgan fingerprint density at radius 1 is 1.12 bits per heavy atom. The van der Waals surface area contributed by atoms with Crippen LogP contribution in [0.4, 0.5) is 0 Å². The first kappa shape index (κ1) is 12.6. The number of benzene rings is 1. The SMILES string of the molecule is NC(CO)(CN1CCCCC1)c1ccccc1. The van der Waals surface area contributed by atoms with Crippen LogP contribution in [-0.2, 0) is 5.54 Å². The second-order valence-corrected chi connectivity index (χ2v) is 5.02. The van der Waals surface area contributed by atoms with E-state index in [2.05, 4.69) is 4.90 Å². The van der Waals surface area contributed by atoms with Gasteiger partial charge in [0.15, 0.2) is 0 Å². The first-order valence-electron chi connectivity index (χ1n) is 6.42.